The predicted octanol–water partition coefficient (Wildman–Crippen LogP) is 7.45. The number of hydrogen-bond acceptors (Lipinski definition) is 4. The first-order chi connectivity index (χ1) is 15.7. The quantitative estimate of drug-likeness (QED) is 0.310. The van der Waals surface area contributed by atoms with Crippen LogP contribution in [0.15, 0.2) is 57.1 Å². The van der Waals surface area contributed by atoms with E-state index in [9.17, 15) is 5.11 Å². The molecule has 0 bridgehead atoms. The molecule has 2 aliphatic rings. The van der Waals surface area contributed by atoms with Crippen LogP contribution in [0.4, 0.5) is 0 Å². The summed E-state index contributed by atoms with van der Waals surface area (Å²) in [5.74, 6) is 0. The minimum absolute atomic E-state index is 0.445. The van der Waals surface area contributed by atoms with E-state index in [0.717, 1.165) is 55.5 Å². The number of rotatable bonds is 10. The van der Waals surface area contributed by atoms with Crippen molar-refractivity contribution in [3.05, 3.63) is 67.7 Å². The Morgan fingerprint density at radius 1 is 1.09 bits per heavy atom. The van der Waals surface area contributed by atoms with Crippen LogP contribution in [0.3, 0.4) is 0 Å². The molecular formula is C26H33Cl3N2OS. The van der Waals surface area contributed by atoms with Gasteiger partial charge in [0.15, 0.2) is 0 Å². The van der Waals surface area contributed by atoms with E-state index in [0.29, 0.717) is 39.3 Å². The smallest absolute Gasteiger partial charge is 0.134 e. The molecule has 3 nitrogen and oxygen atoms in total. The average molecular weight is 528 g/mol. The lowest BCUT2D eigenvalue weighted by molar-refractivity contribution is 0.136. The lowest BCUT2D eigenvalue weighted by atomic mass is 9.83. The molecule has 2 atom stereocenters. The van der Waals surface area contributed by atoms with Crippen molar-refractivity contribution in [3.63, 3.8) is 0 Å². The minimum Gasteiger partial charge on any atom is -0.387 e. The van der Waals surface area contributed by atoms with Gasteiger partial charge in [0.2, 0.25) is 0 Å². The molecule has 0 fully saturated rings. The topological polar surface area (TPSA) is 35.8 Å². The summed E-state index contributed by atoms with van der Waals surface area (Å²) in [7, 11) is 0. The highest BCUT2D eigenvalue weighted by atomic mass is 35.5. The van der Waals surface area contributed by atoms with Crippen molar-refractivity contribution >= 4 is 53.1 Å². The predicted molar refractivity (Wildman–Crippen MR) is 146 cm³/mol. The number of fused-ring (bicyclic) bond motifs is 1. The first-order valence-electron chi connectivity index (χ1n) is 11.7. The Hall–Kier alpha value is -0.750. The zero-order valence-corrected chi connectivity index (χ0v) is 22.7. The van der Waals surface area contributed by atoms with E-state index in [1.54, 1.807) is 12.1 Å². The van der Waals surface area contributed by atoms with Crippen molar-refractivity contribution in [2.45, 2.75) is 63.9 Å². The number of halogens is 3. The molecule has 0 radical (unpaired) electrons. The Labute approximate surface area is 218 Å². The molecule has 1 heterocycles. The number of aliphatic hydroxyl groups is 1. The summed E-state index contributed by atoms with van der Waals surface area (Å²) in [6, 6.07) is 5.39. The molecule has 0 spiro atoms. The summed E-state index contributed by atoms with van der Waals surface area (Å²) in [4.78, 5) is 6.41. The molecule has 7 heteroatoms. The van der Waals surface area contributed by atoms with Crippen LogP contribution in [0.5, 0.6) is 0 Å². The van der Waals surface area contributed by atoms with Crippen molar-refractivity contribution < 1.29 is 5.11 Å². The first kappa shape index (κ1) is 26.8. The number of unbranched alkanes of at least 4 members (excludes halogenated alkanes) is 2. The molecule has 3 rings (SSSR count). The molecular weight excluding hydrogens is 495 g/mol. The van der Waals surface area contributed by atoms with Crippen LogP contribution in [-0.2, 0) is 0 Å². The SMILES string of the molecule is CCCCN(CCCC)CC(O)C1=CC(c2c(Cl)cccc2Cl)=NC2(S)CC(Cl)=C(C)C=C12. The van der Waals surface area contributed by atoms with Crippen LogP contribution in [0.2, 0.25) is 10.0 Å². The zero-order valence-electron chi connectivity index (χ0n) is 19.5. The first-order valence-corrected chi connectivity index (χ1v) is 13.2. The van der Waals surface area contributed by atoms with Gasteiger partial charge in [-0.3, -0.25) is 4.99 Å². The van der Waals surface area contributed by atoms with E-state index in [1.807, 2.05) is 25.1 Å². The number of aliphatic imine (C=N–C) groups is 1. The van der Waals surface area contributed by atoms with Gasteiger partial charge in [-0.25, -0.2) is 0 Å². The molecule has 1 aromatic rings. The van der Waals surface area contributed by atoms with Crippen LogP contribution in [0.1, 0.15) is 58.4 Å². The van der Waals surface area contributed by atoms with Gasteiger partial charge >= 0.3 is 0 Å². The van der Waals surface area contributed by atoms with Crippen LogP contribution < -0.4 is 0 Å². The summed E-state index contributed by atoms with van der Waals surface area (Å²) < 4.78 is 0. The Kier molecular flexibility index (Phi) is 9.59. The van der Waals surface area contributed by atoms with Crippen molar-refractivity contribution in [2.24, 2.45) is 4.99 Å². The monoisotopic (exact) mass is 526 g/mol. The van der Waals surface area contributed by atoms with Gasteiger partial charge in [0.25, 0.3) is 0 Å². The maximum absolute atomic E-state index is 11.5. The van der Waals surface area contributed by atoms with Gasteiger partial charge in [-0.1, -0.05) is 73.6 Å². The molecule has 0 amide bonds. The van der Waals surface area contributed by atoms with Crippen molar-refractivity contribution in [1.29, 1.82) is 0 Å². The fourth-order valence-corrected chi connectivity index (χ4v) is 5.67. The maximum atomic E-state index is 11.5. The Bertz CT molecular complexity index is 973. The van der Waals surface area contributed by atoms with Gasteiger partial charge in [-0.15, -0.1) is 12.6 Å². The number of aliphatic hydroxyl groups excluding tert-OH is 1. The maximum Gasteiger partial charge on any atom is 0.134 e. The molecule has 33 heavy (non-hydrogen) atoms. The fourth-order valence-electron chi connectivity index (χ4n) is 4.28. The van der Waals surface area contributed by atoms with Gasteiger partial charge in [0.1, 0.15) is 4.87 Å². The molecule has 1 aromatic carbocycles. The lowest BCUT2D eigenvalue weighted by Gasteiger charge is -2.38. The third-order valence-corrected chi connectivity index (χ3v) is 7.76. The molecule has 2 unspecified atom stereocenters. The zero-order chi connectivity index (χ0) is 24.2. The number of allylic oxidation sites excluding steroid dienone is 3. The largest absolute Gasteiger partial charge is 0.387 e. The Balaban J connectivity index is 2.04. The summed E-state index contributed by atoms with van der Waals surface area (Å²) in [6.45, 7) is 8.84. The van der Waals surface area contributed by atoms with Crippen LogP contribution >= 0.6 is 47.4 Å². The second kappa shape index (κ2) is 11.8. The van der Waals surface area contributed by atoms with E-state index < -0.39 is 11.0 Å². The number of dihydropyridines is 1. The molecule has 180 valence electrons. The van der Waals surface area contributed by atoms with Gasteiger partial charge < -0.3 is 10.0 Å². The van der Waals surface area contributed by atoms with E-state index in [2.05, 4.69) is 18.7 Å². The van der Waals surface area contributed by atoms with Crippen molar-refractivity contribution in [3.8, 4) is 0 Å². The Morgan fingerprint density at radius 2 is 1.70 bits per heavy atom. The van der Waals surface area contributed by atoms with E-state index in [1.165, 1.54) is 0 Å². The van der Waals surface area contributed by atoms with E-state index in [4.69, 9.17) is 52.4 Å². The van der Waals surface area contributed by atoms with Gasteiger partial charge in [0, 0.05) is 23.6 Å². The van der Waals surface area contributed by atoms with Gasteiger partial charge in [-0.05, 0) is 67.8 Å². The standard InChI is InChI=1S/C26H33Cl3N2OS/c1-4-6-11-31(12-7-5-2)16-24(32)18-14-23(25-20(27)9-8-10-21(25)28)30-26(33)15-22(29)17(3)13-19(18)26/h8-10,13-14,24,32-33H,4-7,11-12,15-16H2,1-3H3. The number of hydrogen-bond donors (Lipinski definition) is 2. The van der Waals surface area contributed by atoms with Crippen molar-refractivity contribution in [2.75, 3.05) is 19.6 Å². The summed E-state index contributed by atoms with van der Waals surface area (Å²) in [5, 5.41) is 13.2. The number of thiol groups is 1. The number of nitrogens with zero attached hydrogens (tertiary/aromatic N) is 2. The lowest BCUT2D eigenvalue weighted by Crippen LogP contribution is -2.40. The molecule has 1 aliphatic carbocycles. The van der Waals surface area contributed by atoms with Crippen molar-refractivity contribution in [1.82, 2.24) is 4.90 Å². The van der Waals surface area contributed by atoms with Crippen LogP contribution in [-0.4, -0.2) is 46.3 Å². The molecule has 1 N–H and O–H groups in total. The molecule has 0 saturated carbocycles. The molecule has 1 aliphatic heterocycles. The van der Waals surface area contributed by atoms with Gasteiger partial charge in [0.05, 0.1) is 21.9 Å². The normalized spacial score (nSPS) is 21.5. The third-order valence-electron chi connectivity index (χ3n) is 6.20. The third kappa shape index (κ3) is 6.28. The van der Waals surface area contributed by atoms with Crippen LogP contribution in [0, 0.1) is 0 Å². The van der Waals surface area contributed by atoms with Crippen LogP contribution in [0.25, 0.3) is 0 Å². The summed E-state index contributed by atoms with van der Waals surface area (Å²) in [6.07, 6.45) is 8.12. The molecule has 0 aromatic heterocycles. The second-order valence-corrected chi connectivity index (χ2v) is 10.9. The molecule has 0 saturated heterocycles. The average Bonchev–Trinajstić information content (AvgIpc) is 2.76. The van der Waals surface area contributed by atoms with E-state index in [-0.39, 0.29) is 0 Å². The Morgan fingerprint density at radius 3 is 2.27 bits per heavy atom. The summed E-state index contributed by atoms with van der Waals surface area (Å²) in [5.41, 5.74) is 3.92. The highest BCUT2D eigenvalue weighted by molar-refractivity contribution is 7.82. The van der Waals surface area contributed by atoms with Gasteiger partial charge in [-0.2, -0.15) is 0 Å². The highest BCUT2D eigenvalue weighted by Gasteiger charge is 2.41. The van der Waals surface area contributed by atoms with E-state index >= 15 is 0 Å². The number of benzene rings is 1. The summed E-state index contributed by atoms with van der Waals surface area (Å²) >= 11 is 24.6. The fraction of sp³-hybridized carbons (Fsp3) is 0.500. The minimum atomic E-state index is -0.892. The second-order valence-electron chi connectivity index (χ2n) is 8.86. The highest BCUT2D eigenvalue weighted by Crippen LogP contribution is 2.47.